The molecule has 3 N–H and O–H groups in total. The molecule has 0 aromatic carbocycles. The maximum atomic E-state index is 12.8. The summed E-state index contributed by atoms with van der Waals surface area (Å²) in [6.45, 7) is 5.72. The van der Waals surface area contributed by atoms with Crippen LogP contribution in [0.2, 0.25) is 0 Å². The Morgan fingerprint density at radius 2 is 2.10 bits per heavy atom. The van der Waals surface area contributed by atoms with Crippen LogP contribution in [0.4, 0.5) is 5.95 Å². The second-order valence-electron chi connectivity index (χ2n) is 5.19. The summed E-state index contributed by atoms with van der Waals surface area (Å²) in [5.74, 6) is 0.168. The van der Waals surface area contributed by atoms with Gasteiger partial charge in [-0.05, 0) is 32.9 Å². The number of nitrogens with zero attached hydrogens (tertiary/aromatic N) is 4. The molecular formula is C14H16N6O. The molecule has 0 aliphatic rings. The van der Waals surface area contributed by atoms with Crippen LogP contribution in [-0.4, -0.2) is 24.7 Å². The van der Waals surface area contributed by atoms with Crippen molar-refractivity contribution < 1.29 is 0 Å². The van der Waals surface area contributed by atoms with Crippen LogP contribution in [0, 0.1) is 6.92 Å². The molecule has 3 aromatic heterocycles. The molecule has 7 heteroatoms. The van der Waals surface area contributed by atoms with Gasteiger partial charge in [0.1, 0.15) is 5.65 Å². The van der Waals surface area contributed by atoms with Crippen molar-refractivity contribution in [3.8, 4) is 11.3 Å². The number of rotatable bonds is 2. The Labute approximate surface area is 120 Å². The molecule has 108 valence electrons. The topological polar surface area (TPSA) is 102 Å². The summed E-state index contributed by atoms with van der Waals surface area (Å²) in [7, 11) is 0. The van der Waals surface area contributed by atoms with E-state index in [2.05, 4.69) is 20.2 Å². The Morgan fingerprint density at radius 1 is 1.33 bits per heavy atom. The van der Waals surface area contributed by atoms with Crippen LogP contribution >= 0.6 is 0 Å². The van der Waals surface area contributed by atoms with Gasteiger partial charge in [0.25, 0.3) is 5.56 Å². The van der Waals surface area contributed by atoms with Crippen molar-refractivity contribution in [2.45, 2.75) is 26.8 Å². The molecule has 7 nitrogen and oxygen atoms in total. The number of H-pyrrole nitrogens is 1. The predicted molar refractivity (Wildman–Crippen MR) is 80.9 cm³/mol. The molecule has 0 saturated carbocycles. The molecule has 0 saturated heterocycles. The molecule has 0 atom stereocenters. The first-order valence-corrected chi connectivity index (χ1v) is 6.68. The monoisotopic (exact) mass is 284 g/mol. The van der Waals surface area contributed by atoms with Gasteiger partial charge in [0.05, 0.1) is 17.0 Å². The van der Waals surface area contributed by atoms with Gasteiger partial charge in [-0.15, -0.1) is 0 Å². The molecule has 21 heavy (non-hydrogen) atoms. The second kappa shape index (κ2) is 4.69. The highest BCUT2D eigenvalue weighted by atomic mass is 16.1. The minimum Gasteiger partial charge on any atom is -0.368 e. The van der Waals surface area contributed by atoms with Crippen molar-refractivity contribution in [1.82, 2.24) is 24.7 Å². The summed E-state index contributed by atoms with van der Waals surface area (Å²) in [6.07, 6.45) is 1.69. The molecule has 0 aliphatic heterocycles. The standard InChI is InChI=1S/C14H16N6O/c1-7(2)20-12-9(8(3)17-14(15)18-12)6-10(13(20)21)11-4-5-16-19-11/h4-7H,1-3H3,(H,16,19)(H2,15,17,18). The van der Waals surface area contributed by atoms with E-state index in [9.17, 15) is 4.79 Å². The number of hydrogen-bond donors (Lipinski definition) is 2. The third kappa shape index (κ3) is 2.06. The molecule has 3 aromatic rings. The molecule has 0 fully saturated rings. The van der Waals surface area contributed by atoms with Crippen LogP contribution in [-0.2, 0) is 0 Å². The number of pyridine rings is 1. The maximum Gasteiger partial charge on any atom is 0.261 e. The van der Waals surface area contributed by atoms with E-state index >= 15 is 0 Å². The number of aromatic nitrogens is 5. The Balaban J connectivity index is 2.49. The Kier molecular flexibility index (Phi) is 2.97. The molecule has 0 amide bonds. The zero-order chi connectivity index (χ0) is 15.1. The van der Waals surface area contributed by atoms with E-state index in [1.54, 1.807) is 22.9 Å². The molecule has 0 radical (unpaired) electrons. The summed E-state index contributed by atoms with van der Waals surface area (Å²) in [6, 6.07) is 3.50. The number of hydrogen-bond acceptors (Lipinski definition) is 5. The lowest BCUT2D eigenvalue weighted by molar-refractivity contribution is 0.596. The van der Waals surface area contributed by atoms with Crippen molar-refractivity contribution in [2.75, 3.05) is 5.73 Å². The Morgan fingerprint density at radius 3 is 2.71 bits per heavy atom. The van der Waals surface area contributed by atoms with Crippen molar-refractivity contribution in [3.05, 3.63) is 34.4 Å². The molecule has 3 heterocycles. The quantitative estimate of drug-likeness (QED) is 0.745. The predicted octanol–water partition coefficient (Wildman–Crippen LogP) is 1.65. The second-order valence-corrected chi connectivity index (χ2v) is 5.19. The van der Waals surface area contributed by atoms with E-state index in [-0.39, 0.29) is 17.5 Å². The van der Waals surface area contributed by atoms with Crippen molar-refractivity contribution in [3.63, 3.8) is 0 Å². The van der Waals surface area contributed by atoms with E-state index in [1.807, 2.05) is 20.8 Å². The fraction of sp³-hybridized carbons (Fsp3) is 0.286. The third-order valence-electron chi connectivity index (χ3n) is 3.39. The average molecular weight is 284 g/mol. The van der Waals surface area contributed by atoms with Gasteiger partial charge in [-0.3, -0.25) is 14.5 Å². The first-order valence-electron chi connectivity index (χ1n) is 6.68. The number of nitrogens with one attached hydrogen (secondary N) is 1. The maximum absolute atomic E-state index is 12.8. The normalized spacial score (nSPS) is 11.4. The minimum atomic E-state index is -0.137. The van der Waals surface area contributed by atoms with Crippen LogP contribution in [0.15, 0.2) is 23.1 Å². The number of fused-ring (bicyclic) bond motifs is 1. The zero-order valence-corrected chi connectivity index (χ0v) is 12.1. The summed E-state index contributed by atoms with van der Waals surface area (Å²) in [5.41, 5.74) is 8.01. The summed E-state index contributed by atoms with van der Waals surface area (Å²) in [4.78, 5) is 21.2. The van der Waals surface area contributed by atoms with Crippen LogP contribution < -0.4 is 11.3 Å². The smallest absolute Gasteiger partial charge is 0.261 e. The zero-order valence-electron chi connectivity index (χ0n) is 12.1. The summed E-state index contributed by atoms with van der Waals surface area (Å²) < 4.78 is 1.63. The lowest BCUT2D eigenvalue weighted by Gasteiger charge is -2.15. The summed E-state index contributed by atoms with van der Waals surface area (Å²) in [5, 5.41) is 7.63. The third-order valence-corrected chi connectivity index (χ3v) is 3.39. The fourth-order valence-electron chi connectivity index (χ4n) is 2.45. The highest BCUT2D eigenvalue weighted by Crippen LogP contribution is 2.23. The van der Waals surface area contributed by atoms with Crippen molar-refractivity contribution in [1.29, 1.82) is 0 Å². The molecule has 0 spiro atoms. The molecule has 0 unspecified atom stereocenters. The van der Waals surface area contributed by atoms with Crippen LogP contribution in [0.5, 0.6) is 0 Å². The Hall–Kier alpha value is -2.70. The van der Waals surface area contributed by atoms with E-state index in [4.69, 9.17) is 5.73 Å². The van der Waals surface area contributed by atoms with Crippen molar-refractivity contribution in [2.24, 2.45) is 0 Å². The van der Waals surface area contributed by atoms with E-state index in [0.29, 0.717) is 16.9 Å². The number of anilines is 1. The van der Waals surface area contributed by atoms with Gasteiger partial charge in [0.2, 0.25) is 5.95 Å². The average Bonchev–Trinajstić information content (AvgIpc) is 2.91. The minimum absolute atomic E-state index is 0.0485. The number of nitrogen functional groups attached to an aromatic ring is 1. The summed E-state index contributed by atoms with van der Waals surface area (Å²) >= 11 is 0. The van der Waals surface area contributed by atoms with Gasteiger partial charge in [0.15, 0.2) is 0 Å². The molecule has 3 rings (SSSR count). The lowest BCUT2D eigenvalue weighted by Crippen LogP contribution is -2.25. The van der Waals surface area contributed by atoms with Gasteiger partial charge in [-0.25, -0.2) is 4.98 Å². The van der Waals surface area contributed by atoms with Crippen LogP contribution in [0.25, 0.3) is 22.3 Å². The largest absolute Gasteiger partial charge is 0.368 e. The number of aromatic amines is 1. The van der Waals surface area contributed by atoms with Crippen LogP contribution in [0.1, 0.15) is 25.6 Å². The Bertz CT molecular complexity index is 863. The molecule has 0 aliphatic carbocycles. The van der Waals surface area contributed by atoms with Crippen molar-refractivity contribution >= 4 is 17.0 Å². The van der Waals surface area contributed by atoms with Gasteiger partial charge in [0, 0.05) is 17.6 Å². The van der Waals surface area contributed by atoms with Gasteiger partial charge in [-0.2, -0.15) is 10.1 Å². The highest BCUT2D eigenvalue weighted by molar-refractivity contribution is 5.83. The fourth-order valence-corrected chi connectivity index (χ4v) is 2.45. The SMILES string of the molecule is Cc1nc(N)nc2c1cc(-c1cc[nH]n1)c(=O)n2C(C)C. The van der Waals surface area contributed by atoms with E-state index < -0.39 is 0 Å². The first kappa shape index (κ1) is 13.3. The molecule has 0 bridgehead atoms. The highest BCUT2D eigenvalue weighted by Gasteiger charge is 2.17. The van der Waals surface area contributed by atoms with E-state index in [0.717, 1.165) is 11.1 Å². The lowest BCUT2D eigenvalue weighted by atomic mass is 10.1. The van der Waals surface area contributed by atoms with Gasteiger partial charge < -0.3 is 5.73 Å². The number of nitrogens with two attached hydrogens (primary N) is 1. The van der Waals surface area contributed by atoms with Gasteiger partial charge in [-0.1, -0.05) is 0 Å². The number of aryl methyl sites for hydroxylation is 1. The van der Waals surface area contributed by atoms with Crippen LogP contribution in [0.3, 0.4) is 0 Å². The first-order chi connectivity index (χ1) is 9.99. The van der Waals surface area contributed by atoms with Gasteiger partial charge >= 0.3 is 0 Å². The van der Waals surface area contributed by atoms with E-state index in [1.165, 1.54) is 0 Å². The molecular weight excluding hydrogens is 268 g/mol.